The average molecular weight is 291 g/mol. The Bertz CT molecular complexity index is 585. The lowest BCUT2D eigenvalue weighted by Gasteiger charge is -2.18. The standard InChI is InChI=1S/C15H17NO5/c1-20-13-6-8(2-4-10(13)15(18)19)16-14(17)11-7-9-3-5-12(11)21-9/h2,4,6,9,11-12H,3,5,7H2,1H3,(H,16,17)(H,18,19)/t9-,11-,12-/m1/s1. The van der Waals surface area contributed by atoms with Crippen molar-refractivity contribution < 1.29 is 24.2 Å². The summed E-state index contributed by atoms with van der Waals surface area (Å²) < 4.78 is 10.7. The van der Waals surface area contributed by atoms with Crippen LogP contribution in [0.25, 0.3) is 0 Å². The third kappa shape index (κ3) is 2.58. The molecule has 2 aliphatic rings. The van der Waals surface area contributed by atoms with Crippen molar-refractivity contribution in [1.29, 1.82) is 0 Å². The molecule has 1 aromatic rings. The van der Waals surface area contributed by atoms with E-state index < -0.39 is 5.97 Å². The molecule has 112 valence electrons. The van der Waals surface area contributed by atoms with E-state index in [9.17, 15) is 9.59 Å². The second-order valence-corrected chi connectivity index (χ2v) is 5.43. The number of fused-ring (bicyclic) bond motifs is 2. The van der Waals surface area contributed by atoms with Crippen LogP contribution in [-0.4, -0.2) is 36.3 Å². The minimum absolute atomic E-state index is 0.0233. The van der Waals surface area contributed by atoms with Crippen LogP contribution >= 0.6 is 0 Å². The van der Waals surface area contributed by atoms with Crippen LogP contribution in [0.4, 0.5) is 5.69 Å². The smallest absolute Gasteiger partial charge is 0.339 e. The Hall–Kier alpha value is -2.08. The molecule has 21 heavy (non-hydrogen) atoms. The number of carbonyl (C=O) groups excluding carboxylic acids is 1. The quantitative estimate of drug-likeness (QED) is 0.885. The first kappa shape index (κ1) is 13.9. The van der Waals surface area contributed by atoms with Crippen molar-refractivity contribution in [3.63, 3.8) is 0 Å². The van der Waals surface area contributed by atoms with E-state index in [-0.39, 0.29) is 35.3 Å². The van der Waals surface area contributed by atoms with Crippen LogP contribution in [0.2, 0.25) is 0 Å². The Balaban J connectivity index is 1.73. The first-order chi connectivity index (χ1) is 10.1. The van der Waals surface area contributed by atoms with E-state index >= 15 is 0 Å². The molecule has 0 radical (unpaired) electrons. The molecule has 2 fully saturated rings. The lowest BCUT2D eigenvalue weighted by molar-refractivity contribution is -0.121. The Morgan fingerprint density at radius 3 is 2.76 bits per heavy atom. The first-order valence-electron chi connectivity index (χ1n) is 6.96. The van der Waals surface area contributed by atoms with Gasteiger partial charge in [-0.15, -0.1) is 0 Å². The van der Waals surface area contributed by atoms with Crippen LogP contribution in [0.1, 0.15) is 29.6 Å². The van der Waals surface area contributed by atoms with E-state index in [0.717, 1.165) is 19.3 Å². The molecule has 0 saturated carbocycles. The number of nitrogens with one attached hydrogen (secondary N) is 1. The molecule has 2 heterocycles. The van der Waals surface area contributed by atoms with Gasteiger partial charge in [0.15, 0.2) is 0 Å². The molecule has 6 heteroatoms. The summed E-state index contributed by atoms with van der Waals surface area (Å²) in [5.74, 6) is -1.03. The Morgan fingerprint density at radius 2 is 2.19 bits per heavy atom. The summed E-state index contributed by atoms with van der Waals surface area (Å²) in [6.45, 7) is 0. The number of carboxylic acid groups (broad SMARTS) is 1. The van der Waals surface area contributed by atoms with Crippen molar-refractivity contribution in [3.8, 4) is 5.75 Å². The molecule has 2 bridgehead atoms. The number of methoxy groups -OCH3 is 1. The fourth-order valence-electron chi connectivity index (χ4n) is 3.09. The number of rotatable bonds is 4. The normalized spacial score (nSPS) is 26.6. The third-order valence-corrected chi connectivity index (χ3v) is 4.14. The van der Waals surface area contributed by atoms with Crippen molar-refractivity contribution in [2.45, 2.75) is 31.5 Å². The molecule has 3 atom stereocenters. The zero-order valence-electron chi connectivity index (χ0n) is 11.7. The van der Waals surface area contributed by atoms with Crippen molar-refractivity contribution in [2.24, 2.45) is 5.92 Å². The highest BCUT2D eigenvalue weighted by molar-refractivity contribution is 5.95. The van der Waals surface area contributed by atoms with E-state index in [0.29, 0.717) is 5.69 Å². The second kappa shape index (κ2) is 5.37. The van der Waals surface area contributed by atoms with Gasteiger partial charge in [-0.1, -0.05) is 0 Å². The van der Waals surface area contributed by atoms with E-state index in [4.69, 9.17) is 14.6 Å². The molecule has 1 amide bonds. The second-order valence-electron chi connectivity index (χ2n) is 5.43. The maximum atomic E-state index is 12.3. The fourth-order valence-corrected chi connectivity index (χ4v) is 3.09. The summed E-state index contributed by atoms with van der Waals surface area (Å²) in [5.41, 5.74) is 0.600. The average Bonchev–Trinajstić information content (AvgIpc) is 3.09. The number of hydrogen-bond acceptors (Lipinski definition) is 4. The Labute approximate surface area is 122 Å². The van der Waals surface area contributed by atoms with Crippen molar-refractivity contribution in [1.82, 2.24) is 0 Å². The summed E-state index contributed by atoms with van der Waals surface area (Å²) >= 11 is 0. The van der Waals surface area contributed by atoms with E-state index in [1.807, 2.05) is 0 Å². The Morgan fingerprint density at radius 1 is 1.38 bits per heavy atom. The summed E-state index contributed by atoms with van der Waals surface area (Å²) in [5, 5.41) is 11.8. The highest BCUT2D eigenvalue weighted by Gasteiger charge is 2.44. The lowest BCUT2D eigenvalue weighted by atomic mass is 9.88. The molecule has 3 rings (SSSR count). The number of ether oxygens (including phenoxy) is 2. The lowest BCUT2D eigenvalue weighted by Crippen LogP contribution is -2.30. The molecule has 0 aliphatic carbocycles. The van der Waals surface area contributed by atoms with Gasteiger partial charge < -0.3 is 19.9 Å². The predicted molar refractivity (Wildman–Crippen MR) is 74.6 cm³/mol. The number of hydrogen-bond donors (Lipinski definition) is 2. The molecule has 2 N–H and O–H groups in total. The van der Waals surface area contributed by atoms with Gasteiger partial charge in [0.1, 0.15) is 11.3 Å². The molecule has 0 aromatic heterocycles. The van der Waals surface area contributed by atoms with Gasteiger partial charge in [-0.05, 0) is 31.4 Å². The monoisotopic (exact) mass is 291 g/mol. The minimum Gasteiger partial charge on any atom is -0.496 e. The number of amides is 1. The zero-order chi connectivity index (χ0) is 15.0. The summed E-state index contributed by atoms with van der Waals surface area (Å²) in [4.78, 5) is 23.3. The summed E-state index contributed by atoms with van der Waals surface area (Å²) in [7, 11) is 1.40. The summed E-state index contributed by atoms with van der Waals surface area (Å²) in [6.07, 6.45) is 2.98. The topological polar surface area (TPSA) is 84.9 Å². The molecule has 0 spiro atoms. The van der Waals surface area contributed by atoms with E-state index in [1.165, 1.54) is 19.2 Å². The molecule has 6 nitrogen and oxygen atoms in total. The van der Waals surface area contributed by atoms with Crippen LogP contribution in [0.5, 0.6) is 5.75 Å². The predicted octanol–water partition coefficient (Wildman–Crippen LogP) is 1.90. The number of carbonyl (C=O) groups is 2. The van der Waals surface area contributed by atoms with Gasteiger partial charge in [-0.2, -0.15) is 0 Å². The highest BCUT2D eigenvalue weighted by atomic mass is 16.5. The van der Waals surface area contributed by atoms with Crippen molar-refractivity contribution in [3.05, 3.63) is 23.8 Å². The van der Waals surface area contributed by atoms with Crippen molar-refractivity contribution in [2.75, 3.05) is 12.4 Å². The van der Waals surface area contributed by atoms with Crippen LogP contribution in [0.3, 0.4) is 0 Å². The molecule has 2 saturated heterocycles. The maximum absolute atomic E-state index is 12.3. The molecule has 0 unspecified atom stereocenters. The van der Waals surface area contributed by atoms with Gasteiger partial charge in [0.05, 0.1) is 25.2 Å². The molecule has 2 aliphatic heterocycles. The van der Waals surface area contributed by atoms with Crippen molar-refractivity contribution >= 4 is 17.6 Å². The molecular weight excluding hydrogens is 274 g/mol. The first-order valence-corrected chi connectivity index (χ1v) is 6.96. The largest absolute Gasteiger partial charge is 0.496 e. The zero-order valence-corrected chi connectivity index (χ0v) is 11.7. The maximum Gasteiger partial charge on any atom is 0.339 e. The minimum atomic E-state index is -1.06. The van der Waals surface area contributed by atoms with E-state index in [2.05, 4.69) is 5.32 Å². The Kier molecular flexibility index (Phi) is 3.55. The molecule has 1 aromatic carbocycles. The van der Waals surface area contributed by atoms with Crippen LogP contribution in [-0.2, 0) is 9.53 Å². The number of carboxylic acids is 1. The SMILES string of the molecule is COc1cc(NC(=O)[C@@H]2C[C@H]3CC[C@H]2O3)ccc1C(=O)O. The number of anilines is 1. The van der Waals surface area contributed by atoms with Crippen LogP contribution in [0, 0.1) is 5.92 Å². The van der Waals surface area contributed by atoms with Gasteiger partial charge in [0.25, 0.3) is 0 Å². The van der Waals surface area contributed by atoms with Gasteiger partial charge in [-0.3, -0.25) is 4.79 Å². The summed E-state index contributed by atoms with van der Waals surface area (Å²) in [6, 6.07) is 4.52. The third-order valence-electron chi connectivity index (χ3n) is 4.14. The number of aromatic carboxylic acids is 1. The van der Waals surface area contributed by atoms with Gasteiger partial charge in [-0.25, -0.2) is 4.79 Å². The fraction of sp³-hybridized carbons (Fsp3) is 0.467. The molecular formula is C15H17NO5. The van der Waals surface area contributed by atoms with Gasteiger partial charge in [0, 0.05) is 11.8 Å². The number of benzene rings is 1. The van der Waals surface area contributed by atoms with Gasteiger partial charge in [0.2, 0.25) is 5.91 Å². The van der Waals surface area contributed by atoms with E-state index in [1.54, 1.807) is 6.07 Å². The van der Waals surface area contributed by atoms with Crippen LogP contribution in [0.15, 0.2) is 18.2 Å². The van der Waals surface area contributed by atoms with Crippen LogP contribution < -0.4 is 10.1 Å². The highest BCUT2D eigenvalue weighted by Crippen LogP contribution is 2.39. The van der Waals surface area contributed by atoms with Gasteiger partial charge >= 0.3 is 5.97 Å².